The summed E-state index contributed by atoms with van der Waals surface area (Å²) in [6, 6.07) is 16.4. The summed E-state index contributed by atoms with van der Waals surface area (Å²) in [6.07, 6.45) is 2.07. The quantitative estimate of drug-likeness (QED) is 0.537. The fourth-order valence-corrected chi connectivity index (χ4v) is 2.96. The third kappa shape index (κ3) is 2.98. The second-order valence-electron chi connectivity index (χ2n) is 5.30. The number of fused-ring (bicyclic) bond motifs is 1. The Hall–Kier alpha value is -2.80. The molecule has 7 heteroatoms. The number of aromatic amines is 1. The third-order valence-corrected chi connectivity index (χ3v) is 4.44. The molecule has 24 heavy (non-hydrogen) atoms. The van der Waals surface area contributed by atoms with Crippen molar-refractivity contribution in [2.24, 2.45) is 0 Å². The first kappa shape index (κ1) is 14.8. The summed E-state index contributed by atoms with van der Waals surface area (Å²) in [5, 5.41) is 18.3. The first-order valence-corrected chi connectivity index (χ1v) is 8.68. The van der Waals surface area contributed by atoms with E-state index in [0.717, 1.165) is 28.8 Å². The van der Waals surface area contributed by atoms with Crippen molar-refractivity contribution >= 4 is 28.4 Å². The number of tetrazole rings is 1. The predicted octanol–water partition coefficient (Wildman–Crippen LogP) is 3.95. The van der Waals surface area contributed by atoms with E-state index in [4.69, 9.17) is 4.42 Å². The molecule has 0 aliphatic carbocycles. The van der Waals surface area contributed by atoms with Crippen LogP contribution >= 0.6 is 11.8 Å². The van der Waals surface area contributed by atoms with E-state index >= 15 is 0 Å². The normalized spacial score (nSPS) is 11.0. The smallest absolute Gasteiger partial charge is 0.239 e. The highest BCUT2D eigenvalue weighted by molar-refractivity contribution is 7.98. The van der Waals surface area contributed by atoms with E-state index in [1.54, 1.807) is 11.8 Å². The molecule has 4 aromatic rings. The van der Waals surface area contributed by atoms with Gasteiger partial charge < -0.3 is 9.73 Å². The molecule has 2 heterocycles. The number of anilines is 1. The van der Waals surface area contributed by atoms with Crippen LogP contribution in [0, 0.1) is 0 Å². The van der Waals surface area contributed by atoms with E-state index < -0.39 is 0 Å². The van der Waals surface area contributed by atoms with E-state index in [2.05, 4.69) is 62.5 Å². The van der Waals surface area contributed by atoms with Gasteiger partial charge in [0.15, 0.2) is 5.76 Å². The summed E-state index contributed by atoms with van der Waals surface area (Å²) >= 11 is 1.73. The van der Waals surface area contributed by atoms with Gasteiger partial charge in [-0.25, -0.2) is 0 Å². The summed E-state index contributed by atoms with van der Waals surface area (Å²) in [6.45, 7) is 0.728. The number of nitrogens with zero attached hydrogens (tertiary/aromatic N) is 3. The van der Waals surface area contributed by atoms with Gasteiger partial charge in [-0.05, 0) is 47.4 Å². The highest BCUT2D eigenvalue weighted by Gasteiger charge is 2.10. The summed E-state index contributed by atoms with van der Waals surface area (Å²) in [7, 11) is 0. The van der Waals surface area contributed by atoms with E-state index in [0.29, 0.717) is 11.6 Å². The van der Waals surface area contributed by atoms with Crippen LogP contribution < -0.4 is 5.32 Å². The molecule has 0 saturated carbocycles. The minimum absolute atomic E-state index is 0.458. The zero-order valence-corrected chi connectivity index (χ0v) is 13.8. The number of H-pyrrole nitrogens is 1. The second-order valence-corrected chi connectivity index (χ2v) is 6.18. The number of thioether (sulfide) groups is 1. The molecule has 0 fully saturated rings. The average molecular weight is 337 g/mol. The van der Waals surface area contributed by atoms with Crippen LogP contribution in [-0.4, -0.2) is 26.9 Å². The van der Waals surface area contributed by atoms with Crippen molar-refractivity contribution < 1.29 is 4.42 Å². The molecule has 4 rings (SSSR count). The van der Waals surface area contributed by atoms with Crippen molar-refractivity contribution in [2.75, 3.05) is 11.6 Å². The van der Waals surface area contributed by atoms with Crippen molar-refractivity contribution in [3.63, 3.8) is 0 Å². The number of rotatable bonds is 5. The first-order chi connectivity index (χ1) is 11.8. The Morgan fingerprint density at radius 2 is 2.12 bits per heavy atom. The molecule has 0 unspecified atom stereocenters. The van der Waals surface area contributed by atoms with E-state index in [1.807, 2.05) is 18.2 Å². The van der Waals surface area contributed by atoms with Crippen LogP contribution in [0.3, 0.4) is 0 Å². The van der Waals surface area contributed by atoms with Gasteiger partial charge in [0.2, 0.25) is 5.82 Å². The topological polar surface area (TPSA) is 79.6 Å². The summed E-state index contributed by atoms with van der Waals surface area (Å²) in [4.78, 5) is 1.24. The molecular weight excluding hydrogens is 322 g/mol. The van der Waals surface area contributed by atoms with Crippen molar-refractivity contribution in [1.82, 2.24) is 20.6 Å². The van der Waals surface area contributed by atoms with Crippen LogP contribution in [-0.2, 0) is 6.54 Å². The van der Waals surface area contributed by atoms with E-state index in [-0.39, 0.29) is 0 Å². The molecule has 2 N–H and O–H groups in total. The van der Waals surface area contributed by atoms with Crippen LogP contribution in [0.5, 0.6) is 0 Å². The minimum atomic E-state index is 0.458. The van der Waals surface area contributed by atoms with E-state index in [9.17, 15) is 0 Å². The molecule has 0 spiro atoms. The van der Waals surface area contributed by atoms with Crippen LogP contribution in [0.25, 0.3) is 22.6 Å². The summed E-state index contributed by atoms with van der Waals surface area (Å²) in [5.74, 6) is 1.07. The maximum Gasteiger partial charge on any atom is 0.239 e. The second kappa shape index (κ2) is 6.37. The minimum Gasteiger partial charge on any atom is -0.453 e. The van der Waals surface area contributed by atoms with Gasteiger partial charge in [-0.3, -0.25) is 0 Å². The van der Waals surface area contributed by atoms with Gasteiger partial charge in [0.1, 0.15) is 5.58 Å². The Bertz CT molecular complexity index is 964. The Morgan fingerprint density at radius 1 is 1.17 bits per heavy atom. The van der Waals surface area contributed by atoms with Crippen LogP contribution in [0.4, 0.5) is 5.69 Å². The fourth-order valence-electron chi connectivity index (χ4n) is 2.50. The molecule has 0 bridgehead atoms. The molecule has 0 aliphatic heterocycles. The van der Waals surface area contributed by atoms with Gasteiger partial charge in [0, 0.05) is 22.5 Å². The number of hydrogen-bond donors (Lipinski definition) is 2. The zero-order valence-electron chi connectivity index (χ0n) is 13.0. The molecule has 0 radical (unpaired) electrons. The first-order valence-electron chi connectivity index (χ1n) is 7.46. The Morgan fingerprint density at radius 3 is 2.96 bits per heavy atom. The lowest BCUT2D eigenvalue weighted by molar-refractivity contribution is 0.625. The number of furan rings is 1. The molecule has 6 nitrogen and oxygen atoms in total. The largest absolute Gasteiger partial charge is 0.453 e. The summed E-state index contributed by atoms with van der Waals surface area (Å²) < 4.78 is 5.83. The maximum atomic E-state index is 5.83. The fraction of sp³-hybridized carbons (Fsp3) is 0.118. The number of hydrogen-bond acceptors (Lipinski definition) is 6. The highest BCUT2D eigenvalue weighted by Crippen LogP contribution is 2.26. The van der Waals surface area contributed by atoms with Gasteiger partial charge in [-0.1, -0.05) is 18.2 Å². The summed E-state index contributed by atoms with van der Waals surface area (Å²) in [5.41, 5.74) is 3.06. The number of nitrogens with one attached hydrogen (secondary N) is 2. The highest BCUT2D eigenvalue weighted by atomic mass is 32.2. The molecule has 0 aliphatic rings. The SMILES string of the molecule is CSc1cccc(NCc2ccc3cc(-c4nn[nH]n4)oc3c2)c1. The zero-order chi connectivity index (χ0) is 16.4. The van der Waals surface area contributed by atoms with Crippen LogP contribution in [0.15, 0.2) is 57.8 Å². The van der Waals surface area contributed by atoms with E-state index in [1.165, 1.54) is 4.90 Å². The predicted molar refractivity (Wildman–Crippen MR) is 94.9 cm³/mol. The molecule has 2 aromatic carbocycles. The molecule has 120 valence electrons. The van der Waals surface area contributed by atoms with Crippen molar-refractivity contribution in [1.29, 1.82) is 0 Å². The monoisotopic (exact) mass is 337 g/mol. The van der Waals surface area contributed by atoms with Crippen molar-refractivity contribution in [3.05, 3.63) is 54.1 Å². The van der Waals surface area contributed by atoms with Gasteiger partial charge in [0.25, 0.3) is 0 Å². The lowest BCUT2D eigenvalue weighted by Crippen LogP contribution is -1.98. The van der Waals surface area contributed by atoms with Gasteiger partial charge in [-0.15, -0.1) is 22.0 Å². The molecule has 2 aromatic heterocycles. The van der Waals surface area contributed by atoms with Crippen LogP contribution in [0.1, 0.15) is 5.56 Å². The number of benzene rings is 2. The van der Waals surface area contributed by atoms with Crippen LogP contribution in [0.2, 0.25) is 0 Å². The van der Waals surface area contributed by atoms with Gasteiger partial charge in [-0.2, -0.15) is 5.21 Å². The molecule has 0 saturated heterocycles. The lowest BCUT2D eigenvalue weighted by atomic mass is 10.1. The maximum absolute atomic E-state index is 5.83. The number of aromatic nitrogens is 4. The molecular formula is C17H15N5OS. The Labute approximate surface area is 142 Å². The lowest BCUT2D eigenvalue weighted by Gasteiger charge is -2.07. The van der Waals surface area contributed by atoms with Gasteiger partial charge in [0.05, 0.1) is 0 Å². The third-order valence-electron chi connectivity index (χ3n) is 3.72. The molecule has 0 atom stereocenters. The standard InChI is InChI=1S/C17H15N5OS/c1-24-14-4-2-3-13(9-14)18-10-11-5-6-12-8-16(23-15(12)7-11)17-19-21-22-20-17/h2-9,18H,10H2,1H3,(H,19,20,21,22). The van der Waals surface area contributed by atoms with Gasteiger partial charge >= 0.3 is 0 Å². The Kier molecular flexibility index (Phi) is 3.92. The average Bonchev–Trinajstić information content (AvgIpc) is 3.28. The Balaban J connectivity index is 1.54. The molecule has 0 amide bonds. The van der Waals surface area contributed by atoms with Crippen molar-refractivity contribution in [2.45, 2.75) is 11.4 Å². The van der Waals surface area contributed by atoms with Crippen molar-refractivity contribution in [3.8, 4) is 11.6 Å².